The van der Waals surface area contributed by atoms with E-state index in [2.05, 4.69) is 0 Å². The lowest BCUT2D eigenvalue weighted by Crippen LogP contribution is -2.29. The third kappa shape index (κ3) is 3.02. The smallest absolute Gasteiger partial charge is 0.321 e. The summed E-state index contributed by atoms with van der Waals surface area (Å²) in [5.41, 5.74) is 0. The van der Waals surface area contributed by atoms with Crippen molar-refractivity contribution in [3.63, 3.8) is 0 Å². The van der Waals surface area contributed by atoms with Crippen LogP contribution in [0.3, 0.4) is 0 Å². The summed E-state index contributed by atoms with van der Waals surface area (Å²) in [5, 5.41) is 0. The minimum atomic E-state index is -0.579. The van der Waals surface area contributed by atoms with Gasteiger partial charge in [0.1, 0.15) is 10.5 Å². The van der Waals surface area contributed by atoms with Crippen molar-refractivity contribution in [1.82, 2.24) is 0 Å². The van der Waals surface area contributed by atoms with Gasteiger partial charge in [-0.25, -0.2) is 0 Å². The first-order valence-corrected chi connectivity index (χ1v) is 5.69. The highest BCUT2D eigenvalue weighted by Crippen LogP contribution is 2.35. The molecular weight excluding hydrogens is 212 g/mol. The minimum absolute atomic E-state index is 0.199. The third-order valence-corrected chi connectivity index (χ3v) is 3.26. The van der Waals surface area contributed by atoms with Crippen molar-refractivity contribution in [3.05, 3.63) is 18.1 Å². The highest BCUT2D eigenvalue weighted by Gasteiger charge is 2.31. The van der Waals surface area contributed by atoms with Gasteiger partial charge in [-0.3, -0.25) is 4.79 Å². The Morgan fingerprint density at radius 3 is 2.73 bits per heavy atom. The first-order chi connectivity index (χ1) is 6.97. The van der Waals surface area contributed by atoms with E-state index in [0.29, 0.717) is 6.61 Å². The predicted molar refractivity (Wildman–Crippen MR) is 60.0 cm³/mol. The van der Waals surface area contributed by atoms with Crippen LogP contribution in [0.4, 0.5) is 0 Å². The maximum Gasteiger partial charge on any atom is 0.321 e. The van der Waals surface area contributed by atoms with Crippen molar-refractivity contribution in [1.29, 1.82) is 0 Å². The number of carbonyl (C=O) groups excluding carboxylic acids is 1. The molecule has 0 saturated heterocycles. The molecule has 1 aromatic rings. The van der Waals surface area contributed by atoms with Gasteiger partial charge in [0.15, 0.2) is 0 Å². The van der Waals surface area contributed by atoms with E-state index >= 15 is 0 Å². The number of aryl methyl sites for hydroxylation is 1. The highest BCUT2D eigenvalue weighted by molar-refractivity contribution is 8.01. The standard InChI is InChI=1S/C11H16O3S/c1-5-13-10(12)11(3,4)15-9-6-7-14-8(9)2/h6-7H,5H2,1-4H3. The van der Waals surface area contributed by atoms with Crippen LogP contribution in [0.1, 0.15) is 26.5 Å². The zero-order chi connectivity index (χ0) is 11.5. The van der Waals surface area contributed by atoms with Crippen molar-refractivity contribution in [2.24, 2.45) is 0 Å². The summed E-state index contributed by atoms with van der Waals surface area (Å²) >= 11 is 1.46. The number of esters is 1. The van der Waals surface area contributed by atoms with Gasteiger partial charge in [0.05, 0.1) is 12.9 Å². The lowest BCUT2D eigenvalue weighted by atomic mass is 10.2. The number of hydrogen-bond acceptors (Lipinski definition) is 4. The molecule has 4 heteroatoms. The fourth-order valence-corrected chi connectivity index (χ4v) is 2.11. The lowest BCUT2D eigenvalue weighted by molar-refractivity contribution is -0.145. The van der Waals surface area contributed by atoms with E-state index in [9.17, 15) is 4.79 Å². The molecule has 0 bridgehead atoms. The van der Waals surface area contributed by atoms with Crippen molar-refractivity contribution in [2.75, 3.05) is 6.61 Å². The molecule has 1 aromatic heterocycles. The van der Waals surface area contributed by atoms with Crippen molar-refractivity contribution in [3.8, 4) is 0 Å². The topological polar surface area (TPSA) is 39.4 Å². The minimum Gasteiger partial charge on any atom is -0.468 e. The molecule has 0 radical (unpaired) electrons. The van der Waals surface area contributed by atoms with Gasteiger partial charge in [0.25, 0.3) is 0 Å². The maximum atomic E-state index is 11.6. The first-order valence-electron chi connectivity index (χ1n) is 4.87. The quantitative estimate of drug-likeness (QED) is 0.586. The van der Waals surface area contributed by atoms with Crippen LogP contribution >= 0.6 is 11.8 Å². The average molecular weight is 228 g/mol. The van der Waals surface area contributed by atoms with E-state index in [0.717, 1.165) is 10.7 Å². The summed E-state index contributed by atoms with van der Waals surface area (Å²) < 4.78 is 9.60. The fraction of sp³-hybridized carbons (Fsp3) is 0.545. The molecule has 0 fully saturated rings. The molecule has 0 aliphatic carbocycles. The summed E-state index contributed by atoms with van der Waals surface area (Å²) in [6, 6.07) is 1.86. The molecule has 0 spiro atoms. The second-order valence-corrected chi connectivity index (χ2v) is 5.34. The summed E-state index contributed by atoms with van der Waals surface area (Å²) in [6.07, 6.45) is 1.62. The fourth-order valence-electron chi connectivity index (χ4n) is 1.10. The molecule has 0 amide bonds. The maximum absolute atomic E-state index is 11.6. The molecule has 84 valence electrons. The molecule has 0 aromatic carbocycles. The molecule has 0 atom stereocenters. The van der Waals surface area contributed by atoms with Crippen LogP contribution in [-0.4, -0.2) is 17.3 Å². The van der Waals surface area contributed by atoms with Gasteiger partial charge in [-0.2, -0.15) is 0 Å². The summed E-state index contributed by atoms with van der Waals surface area (Å²) in [6.45, 7) is 7.79. The van der Waals surface area contributed by atoms with E-state index in [4.69, 9.17) is 9.15 Å². The monoisotopic (exact) mass is 228 g/mol. The van der Waals surface area contributed by atoms with Gasteiger partial charge in [0.2, 0.25) is 0 Å². The average Bonchev–Trinajstić information content (AvgIpc) is 2.52. The Kier molecular flexibility index (Phi) is 3.85. The second-order valence-electron chi connectivity index (χ2n) is 3.67. The Labute approximate surface area is 94.2 Å². The van der Waals surface area contributed by atoms with Crippen LogP contribution in [0.15, 0.2) is 21.6 Å². The Balaban J connectivity index is 2.72. The first kappa shape index (κ1) is 12.2. The Hall–Kier alpha value is -0.900. The number of thioether (sulfide) groups is 1. The summed E-state index contributed by atoms with van der Waals surface area (Å²) in [5.74, 6) is 0.632. The Bertz CT molecular complexity index is 341. The van der Waals surface area contributed by atoms with Gasteiger partial charge in [0, 0.05) is 4.90 Å². The molecule has 1 rings (SSSR count). The van der Waals surface area contributed by atoms with Crippen LogP contribution in [0.25, 0.3) is 0 Å². The van der Waals surface area contributed by atoms with Crippen molar-refractivity contribution >= 4 is 17.7 Å². The SMILES string of the molecule is CCOC(=O)C(C)(C)Sc1ccoc1C. The molecule has 0 unspecified atom stereocenters. The number of ether oxygens (including phenoxy) is 1. The van der Waals surface area contributed by atoms with Gasteiger partial charge in [-0.05, 0) is 33.8 Å². The number of furan rings is 1. The zero-order valence-corrected chi connectivity index (χ0v) is 10.3. The summed E-state index contributed by atoms with van der Waals surface area (Å²) in [7, 11) is 0. The molecule has 0 saturated carbocycles. The van der Waals surface area contributed by atoms with Gasteiger partial charge >= 0.3 is 5.97 Å². The molecule has 0 aliphatic rings. The van der Waals surface area contributed by atoms with E-state index in [1.54, 1.807) is 6.26 Å². The van der Waals surface area contributed by atoms with E-state index in [1.165, 1.54) is 11.8 Å². The number of hydrogen-bond donors (Lipinski definition) is 0. The Morgan fingerprint density at radius 1 is 1.60 bits per heavy atom. The third-order valence-electron chi connectivity index (χ3n) is 1.94. The van der Waals surface area contributed by atoms with Gasteiger partial charge in [-0.15, -0.1) is 11.8 Å². The molecule has 3 nitrogen and oxygen atoms in total. The van der Waals surface area contributed by atoms with Gasteiger partial charge < -0.3 is 9.15 Å². The van der Waals surface area contributed by atoms with Crippen molar-refractivity contribution in [2.45, 2.75) is 37.3 Å². The number of carbonyl (C=O) groups is 1. The normalized spacial score (nSPS) is 11.5. The van der Waals surface area contributed by atoms with E-state index in [-0.39, 0.29) is 5.97 Å². The van der Waals surface area contributed by atoms with E-state index in [1.807, 2.05) is 33.8 Å². The van der Waals surface area contributed by atoms with Crippen LogP contribution in [0.2, 0.25) is 0 Å². The van der Waals surface area contributed by atoms with Crippen LogP contribution in [0, 0.1) is 6.92 Å². The van der Waals surface area contributed by atoms with E-state index < -0.39 is 4.75 Å². The van der Waals surface area contributed by atoms with Crippen molar-refractivity contribution < 1.29 is 13.9 Å². The van der Waals surface area contributed by atoms with Gasteiger partial charge in [-0.1, -0.05) is 0 Å². The highest BCUT2D eigenvalue weighted by atomic mass is 32.2. The van der Waals surface area contributed by atoms with Crippen LogP contribution in [0.5, 0.6) is 0 Å². The zero-order valence-electron chi connectivity index (χ0n) is 9.49. The lowest BCUT2D eigenvalue weighted by Gasteiger charge is -2.20. The predicted octanol–water partition coefficient (Wildman–Crippen LogP) is 3.02. The van der Waals surface area contributed by atoms with Crippen LogP contribution in [-0.2, 0) is 9.53 Å². The molecule has 15 heavy (non-hydrogen) atoms. The second kappa shape index (κ2) is 4.75. The molecular formula is C11H16O3S. The summed E-state index contributed by atoms with van der Waals surface area (Å²) in [4.78, 5) is 12.6. The number of rotatable bonds is 4. The molecule has 0 aliphatic heterocycles. The molecule has 0 N–H and O–H groups in total. The largest absolute Gasteiger partial charge is 0.468 e. The van der Waals surface area contributed by atoms with Crippen LogP contribution < -0.4 is 0 Å². The molecule has 1 heterocycles. The Morgan fingerprint density at radius 2 is 2.27 bits per heavy atom.